The standard InChI is InChI=1S/C10H15N5O2S/c1-2-14-3-5-15(6-4-14)9(17)8(16)12-10-13-11-7-18-10/h7H,2-6H2,1H3,(H,12,13,16). The summed E-state index contributed by atoms with van der Waals surface area (Å²) in [5.74, 6) is -1.14. The molecule has 1 aliphatic rings. The highest BCUT2D eigenvalue weighted by Crippen LogP contribution is 2.09. The van der Waals surface area contributed by atoms with Crippen molar-refractivity contribution in [3.63, 3.8) is 0 Å². The van der Waals surface area contributed by atoms with Gasteiger partial charge in [-0.25, -0.2) is 0 Å². The first-order valence-electron chi connectivity index (χ1n) is 5.79. The number of hydrogen-bond acceptors (Lipinski definition) is 6. The fourth-order valence-corrected chi connectivity index (χ4v) is 2.23. The topological polar surface area (TPSA) is 78.4 Å². The number of carbonyl (C=O) groups is 2. The number of rotatable bonds is 2. The molecule has 0 atom stereocenters. The van der Waals surface area contributed by atoms with Gasteiger partial charge in [0.05, 0.1) is 0 Å². The third-order valence-corrected chi connectivity index (χ3v) is 3.49. The molecule has 18 heavy (non-hydrogen) atoms. The van der Waals surface area contributed by atoms with Crippen molar-refractivity contribution in [1.29, 1.82) is 0 Å². The van der Waals surface area contributed by atoms with Crippen LogP contribution >= 0.6 is 11.3 Å². The van der Waals surface area contributed by atoms with E-state index in [9.17, 15) is 9.59 Å². The monoisotopic (exact) mass is 269 g/mol. The van der Waals surface area contributed by atoms with Crippen LogP contribution in [0.3, 0.4) is 0 Å². The van der Waals surface area contributed by atoms with E-state index in [4.69, 9.17) is 0 Å². The smallest absolute Gasteiger partial charge is 0.315 e. The van der Waals surface area contributed by atoms with E-state index in [0.717, 1.165) is 19.6 Å². The fraction of sp³-hybridized carbons (Fsp3) is 0.600. The third-order valence-electron chi connectivity index (χ3n) is 2.88. The van der Waals surface area contributed by atoms with Crippen molar-refractivity contribution in [3.05, 3.63) is 5.51 Å². The van der Waals surface area contributed by atoms with E-state index in [2.05, 4.69) is 27.3 Å². The number of nitrogens with one attached hydrogen (secondary N) is 1. The third kappa shape index (κ3) is 3.02. The Kier molecular flexibility index (Phi) is 4.21. The molecule has 0 radical (unpaired) electrons. The molecule has 2 rings (SSSR count). The number of nitrogens with zero attached hydrogens (tertiary/aromatic N) is 4. The van der Waals surface area contributed by atoms with Crippen LogP contribution in [0.25, 0.3) is 0 Å². The van der Waals surface area contributed by atoms with E-state index in [1.807, 2.05) is 0 Å². The van der Waals surface area contributed by atoms with Crippen LogP contribution in [0.2, 0.25) is 0 Å². The molecule has 1 N–H and O–H groups in total. The van der Waals surface area contributed by atoms with Gasteiger partial charge < -0.3 is 9.80 Å². The summed E-state index contributed by atoms with van der Waals surface area (Å²) in [6.45, 7) is 5.87. The summed E-state index contributed by atoms with van der Waals surface area (Å²) in [6.07, 6.45) is 0. The second kappa shape index (κ2) is 5.87. The van der Waals surface area contributed by atoms with Crippen LogP contribution in [-0.4, -0.2) is 64.5 Å². The molecular formula is C10H15N5O2S. The molecule has 0 bridgehead atoms. The highest BCUT2D eigenvalue weighted by atomic mass is 32.1. The van der Waals surface area contributed by atoms with Gasteiger partial charge in [0.2, 0.25) is 5.13 Å². The lowest BCUT2D eigenvalue weighted by molar-refractivity contribution is -0.144. The van der Waals surface area contributed by atoms with Crippen LogP contribution in [-0.2, 0) is 9.59 Å². The molecule has 98 valence electrons. The van der Waals surface area contributed by atoms with Crippen molar-refractivity contribution in [1.82, 2.24) is 20.0 Å². The molecule has 0 aromatic carbocycles. The van der Waals surface area contributed by atoms with Gasteiger partial charge >= 0.3 is 11.8 Å². The lowest BCUT2D eigenvalue weighted by Gasteiger charge is -2.33. The molecule has 0 saturated carbocycles. The average molecular weight is 269 g/mol. The Morgan fingerprint density at radius 1 is 1.39 bits per heavy atom. The molecule has 0 unspecified atom stereocenters. The molecule has 1 fully saturated rings. The van der Waals surface area contributed by atoms with E-state index in [1.54, 1.807) is 4.90 Å². The minimum atomic E-state index is -0.642. The average Bonchev–Trinajstić information content (AvgIpc) is 2.91. The quantitative estimate of drug-likeness (QED) is 0.742. The predicted molar refractivity (Wildman–Crippen MR) is 67.2 cm³/mol. The van der Waals surface area contributed by atoms with Crippen molar-refractivity contribution in [2.45, 2.75) is 6.92 Å². The fourth-order valence-electron chi connectivity index (χ4n) is 1.79. The van der Waals surface area contributed by atoms with E-state index >= 15 is 0 Å². The largest absolute Gasteiger partial charge is 0.332 e. The molecule has 1 aromatic rings. The highest BCUT2D eigenvalue weighted by Gasteiger charge is 2.25. The van der Waals surface area contributed by atoms with Gasteiger partial charge in [0, 0.05) is 26.2 Å². The summed E-state index contributed by atoms with van der Waals surface area (Å²) in [7, 11) is 0. The minimum Gasteiger partial charge on any atom is -0.332 e. The van der Waals surface area contributed by atoms with Crippen molar-refractivity contribution in [2.75, 3.05) is 38.0 Å². The van der Waals surface area contributed by atoms with Crippen LogP contribution in [0.1, 0.15) is 6.92 Å². The summed E-state index contributed by atoms with van der Waals surface area (Å²) in [5.41, 5.74) is 1.50. The van der Waals surface area contributed by atoms with Crippen molar-refractivity contribution in [2.24, 2.45) is 0 Å². The van der Waals surface area contributed by atoms with Crippen molar-refractivity contribution in [3.8, 4) is 0 Å². The minimum absolute atomic E-state index is 0.348. The van der Waals surface area contributed by atoms with Crippen LogP contribution in [0, 0.1) is 0 Å². The number of anilines is 1. The Morgan fingerprint density at radius 2 is 2.11 bits per heavy atom. The van der Waals surface area contributed by atoms with Crippen LogP contribution in [0.15, 0.2) is 5.51 Å². The summed E-state index contributed by atoms with van der Waals surface area (Å²) >= 11 is 1.19. The van der Waals surface area contributed by atoms with Crippen molar-refractivity contribution >= 4 is 28.3 Å². The highest BCUT2D eigenvalue weighted by molar-refractivity contribution is 7.13. The zero-order valence-corrected chi connectivity index (χ0v) is 10.9. The number of likely N-dealkylation sites (N-methyl/N-ethyl adjacent to an activating group) is 1. The summed E-state index contributed by atoms with van der Waals surface area (Å²) in [5, 5.41) is 10.1. The van der Waals surface area contributed by atoms with Gasteiger partial charge in [-0.3, -0.25) is 14.9 Å². The maximum Gasteiger partial charge on any atom is 0.315 e. The summed E-state index contributed by atoms with van der Waals surface area (Å²) in [4.78, 5) is 27.4. The lowest BCUT2D eigenvalue weighted by atomic mass is 10.3. The Bertz CT molecular complexity index is 414. The molecule has 7 nitrogen and oxygen atoms in total. The molecule has 1 aliphatic heterocycles. The Hall–Kier alpha value is -1.54. The molecule has 1 aromatic heterocycles. The number of amides is 2. The zero-order chi connectivity index (χ0) is 13.0. The summed E-state index contributed by atoms with van der Waals surface area (Å²) in [6, 6.07) is 0. The first kappa shape index (κ1) is 12.9. The maximum atomic E-state index is 11.9. The number of carbonyl (C=O) groups excluding carboxylic acids is 2. The predicted octanol–water partition coefficient (Wildman–Crippen LogP) is -0.359. The van der Waals surface area contributed by atoms with E-state index in [0.29, 0.717) is 18.2 Å². The lowest BCUT2D eigenvalue weighted by Crippen LogP contribution is -2.51. The second-order valence-corrected chi connectivity index (χ2v) is 4.76. The van der Waals surface area contributed by atoms with Gasteiger partial charge in [-0.1, -0.05) is 18.3 Å². The Labute approximate surface area is 109 Å². The van der Waals surface area contributed by atoms with Gasteiger partial charge in [-0.15, -0.1) is 10.2 Å². The zero-order valence-electron chi connectivity index (χ0n) is 10.1. The van der Waals surface area contributed by atoms with Crippen LogP contribution in [0.4, 0.5) is 5.13 Å². The van der Waals surface area contributed by atoms with E-state index in [-0.39, 0.29) is 0 Å². The van der Waals surface area contributed by atoms with Crippen LogP contribution in [0.5, 0.6) is 0 Å². The van der Waals surface area contributed by atoms with Crippen molar-refractivity contribution < 1.29 is 9.59 Å². The molecule has 0 aliphatic carbocycles. The number of piperazine rings is 1. The van der Waals surface area contributed by atoms with E-state index < -0.39 is 11.8 Å². The second-order valence-electron chi connectivity index (χ2n) is 3.92. The van der Waals surface area contributed by atoms with E-state index in [1.165, 1.54) is 16.8 Å². The first-order chi connectivity index (χ1) is 8.70. The molecule has 2 amide bonds. The number of aromatic nitrogens is 2. The molecule has 2 heterocycles. The van der Waals surface area contributed by atoms with Crippen LogP contribution < -0.4 is 5.32 Å². The first-order valence-corrected chi connectivity index (χ1v) is 6.67. The number of hydrogen-bond donors (Lipinski definition) is 1. The van der Waals surface area contributed by atoms with Gasteiger partial charge in [0.15, 0.2) is 0 Å². The molecule has 8 heteroatoms. The SMILES string of the molecule is CCN1CCN(C(=O)C(=O)Nc2nncs2)CC1. The molecule has 0 spiro atoms. The normalized spacial score (nSPS) is 16.6. The van der Waals surface area contributed by atoms with Gasteiger partial charge in [-0.2, -0.15) is 0 Å². The maximum absolute atomic E-state index is 11.9. The Morgan fingerprint density at radius 3 is 2.67 bits per heavy atom. The molecular weight excluding hydrogens is 254 g/mol. The molecule has 1 saturated heterocycles. The van der Waals surface area contributed by atoms with Gasteiger partial charge in [0.1, 0.15) is 5.51 Å². The Balaban J connectivity index is 1.86. The van der Waals surface area contributed by atoms with Gasteiger partial charge in [0.25, 0.3) is 0 Å². The summed E-state index contributed by atoms with van der Waals surface area (Å²) < 4.78 is 0. The van der Waals surface area contributed by atoms with Gasteiger partial charge in [-0.05, 0) is 6.54 Å².